The molecule has 1 unspecified atom stereocenters. The number of carbonyl (C=O) groups is 1. The van der Waals surface area contributed by atoms with E-state index in [0.29, 0.717) is 30.1 Å². The van der Waals surface area contributed by atoms with Gasteiger partial charge >= 0.3 is 0 Å². The zero-order chi connectivity index (χ0) is 16.5. The maximum atomic E-state index is 13.0. The van der Waals surface area contributed by atoms with Crippen LogP contribution in [-0.2, 0) is 0 Å². The van der Waals surface area contributed by atoms with Crippen molar-refractivity contribution >= 4 is 5.78 Å². The van der Waals surface area contributed by atoms with Crippen LogP contribution >= 0.6 is 0 Å². The van der Waals surface area contributed by atoms with Crippen molar-refractivity contribution in [2.45, 2.75) is 43.7 Å². The van der Waals surface area contributed by atoms with Crippen molar-refractivity contribution < 1.29 is 9.18 Å². The molecule has 2 aliphatic rings. The maximum Gasteiger partial charge on any atom is 0.176 e. The molecule has 2 nitrogen and oxygen atoms in total. The lowest BCUT2D eigenvalue weighted by molar-refractivity contribution is 0.0802. The third kappa shape index (κ3) is 3.01. The standard InChI is InChI=1S/C21H22FNO/c22-18-8-6-16(7-9-18)21(24)14-23-19-10-11-20(23)13-17(12-19)15-4-2-1-3-5-15/h1-9,17,19-20H,10-14H2/t17?,19-,20+. The Morgan fingerprint density at radius 3 is 2.21 bits per heavy atom. The lowest BCUT2D eigenvalue weighted by atomic mass is 9.85. The van der Waals surface area contributed by atoms with E-state index in [1.807, 2.05) is 0 Å². The molecule has 3 atom stereocenters. The van der Waals surface area contributed by atoms with E-state index in [1.54, 1.807) is 12.1 Å². The van der Waals surface area contributed by atoms with Gasteiger partial charge in [0.1, 0.15) is 5.82 Å². The Morgan fingerprint density at radius 2 is 1.58 bits per heavy atom. The molecule has 2 aliphatic heterocycles. The number of benzene rings is 2. The van der Waals surface area contributed by atoms with Crippen LogP contribution in [0.15, 0.2) is 54.6 Å². The van der Waals surface area contributed by atoms with E-state index < -0.39 is 0 Å². The van der Waals surface area contributed by atoms with Crippen LogP contribution in [-0.4, -0.2) is 29.3 Å². The van der Waals surface area contributed by atoms with Gasteiger partial charge in [0, 0.05) is 17.6 Å². The van der Waals surface area contributed by atoms with Gasteiger partial charge in [0.05, 0.1) is 6.54 Å². The first-order valence-electron chi connectivity index (χ1n) is 8.80. The predicted molar refractivity (Wildman–Crippen MR) is 92.7 cm³/mol. The van der Waals surface area contributed by atoms with E-state index in [0.717, 1.165) is 12.8 Å². The first kappa shape index (κ1) is 15.5. The van der Waals surface area contributed by atoms with Gasteiger partial charge in [-0.1, -0.05) is 30.3 Å². The highest BCUT2D eigenvalue weighted by Crippen LogP contribution is 2.42. The molecule has 24 heavy (non-hydrogen) atoms. The fraction of sp³-hybridized carbons (Fsp3) is 0.381. The average molecular weight is 323 g/mol. The molecule has 0 spiro atoms. The minimum Gasteiger partial charge on any atom is -0.293 e. The normalized spacial score (nSPS) is 26.5. The minimum atomic E-state index is -0.296. The van der Waals surface area contributed by atoms with Crippen LogP contribution < -0.4 is 0 Å². The van der Waals surface area contributed by atoms with E-state index in [9.17, 15) is 9.18 Å². The smallest absolute Gasteiger partial charge is 0.176 e. The van der Waals surface area contributed by atoms with Gasteiger partial charge in [-0.05, 0) is 61.4 Å². The molecule has 3 heteroatoms. The predicted octanol–water partition coefficient (Wildman–Crippen LogP) is 4.42. The SMILES string of the molecule is O=C(CN1[C@@H]2CC[C@H]1CC(c1ccccc1)C2)c1ccc(F)cc1. The van der Waals surface area contributed by atoms with Gasteiger partial charge in [-0.25, -0.2) is 4.39 Å². The molecule has 0 N–H and O–H groups in total. The van der Waals surface area contributed by atoms with Gasteiger partial charge < -0.3 is 0 Å². The van der Waals surface area contributed by atoms with Crippen molar-refractivity contribution in [2.75, 3.05) is 6.54 Å². The second kappa shape index (κ2) is 6.48. The summed E-state index contributed by atoms with van der Waals surface area (Å²) >= 11 is 0. The number of hydrogen-bond acceptors (Lipinski definition) is 2. The minimum absolute atomic E-state index is 0.102. The highest BCUT2D eigenvalue weighted by atomic mass is 19.1. The summed E-state index contributed by atoms with van der Waals surface area (Å²) in [4.78, 5) is 14.9. The molecule has 0 saturated carbocycles. The summed E-state index contributed by atoms with van der Waals surface area (Å²) in [6.45, 7) is 0.461. The lowest BCUT2D eigenvalue weighted by Crippen LogP contribution is -2.44. The third-order valence-corrected chi connectivity index (χ3v) is 5.65. The Morgan fingerprint density at radius 1 is 0.958 bits per heavy atom. The highest BCUT2D eigenvalue weighted by molar-refractivity contribution is 5.97. The van der Waals surface area contributed by atoms with Crippen LogP contribution in [0.25, 0.3) is 0 Å². The van der Waals surface area contributed by atoms with Crippen LogP contribution in [0.5, 0.6) is 0 Å². The lowest BCUT2D eigenvalue weighted by Gasteiger charge is -2.38. The summed E-state index contributed by atoms with van der Waals surface area (Å²) in [5.74, 6) is 0.418. The second-order valence-corrected chi connectivity index (χ2v) is 7.07. The van der Waals surface area contributed by atoms with E-state index in [-0.39, 0.29) is 11.6 Å². The van der Waals surface area contributed by atoms with Gasteiger partial charge in [0.25, 0.3) is 0 Å². The van der Waals surface area contributed by atoms with E-state index in [2.05, 4.69) is 35.2 Å². The Kier molecular flexibility index (Phi) is 4.19. The maximum absolute atomic E-state index is 13.0. The third-order valence-electron chi connectivity index (χ3n) is 5.65. The monoisotopic (exact) mass is 323 g/mol. The van der Waals surface area contributed by atoms with E-state index in [1.165, 1.54) is 30.5 Å². The molecule has 2 fully saturated rings. The number of nitrogens with zero attached hydrogens (tertiary/aromatic N) is 1. The van der Waals surface area contributed by atoms with Gasteiger partial charge in [-0.3, -0.25) is 9.69 Å². The van der Waals surface area contributed by atoms with Crippen molar-refractivity contribution in [1.29, 1.82) is 0 Å². The van der Waals surface area contributed by atoms with Gasteiger partial charge in [0.2, 0.25) is 0 Å². The molecule has 4 rings (SSSR count). The fourth-order valence-electron chi connectivity index (χ4n) is 4.42. The summed E-state index contributed by atoms with van der Waals surface area (Å²) in [5, 5.41) is 0. The van der Waals surface area contributed by atoms with Gasteiger partial charge in [0.15, 0.2) is 5.78 Å². The molecule has 2 heterocycles. The van der Waals surface area contributed by atoms with Crippen LogP contribution in [0.4, 0.5) is 4.39 Å². The molecule has 124 valence electrons. The summed E-state index contributed by atoms with van der Waals surface area (Å²) in [6.07, 6.45) is 4.64. The van der Waals surface area contributed by atoms with Crippen LogP contribution in [0.2, 0.25) is 0 Å². The fourth-order valence-corrected chi connectivity index (χ4v) is 4.42. The Labute approximate surface area is 142 Å². The molecule has 2 aromatic rings. The second-order valence-electron chi connectivity index (χ2n) is 7.07. The van der Waals surface area contributed by atoms with E-state index >= 15 is 0 Å². The summed E-state index contributed by atoms with van der Waals surface area (Å²) < 4.78 is 13.0. The quantitative estimate of drug-likeness (QED) is 0.776. The highest BCUT2D eigenvalue weighted by Gasteiger charge is 2.41. The Bertz CT molecular complexity index is 698. The number of piperidine rings is 1. The number of Topliss-reactive ketones (excluding diaryl/α,β-unsaturated/α-hetero) is 1. The molecular weight excluding hydrogens is 301 g/mol. The molecular formula is C21H22FNO. The van der Waals surface area contributed by atoms with Crippen LogP contribution in [0.1, 0.15) is 47.5 Å². The molecule has 0 radical (unpaired) electrons. The van der Waals surface area contributed by atoms with Crippen molar-refractivity contribution in [3.8, 4) is 0 Å². The molecule has 2 saturated heterocycles. The van der Waals surface area contributed by atoms with Gasteiger partial charge in [-0.15, -0.1) is 0 Å². The zero-order valence-electron chi connectivity index (χ0n) is 13.7. The van der Waals surface area contributed by atoms with Crippen molar-refractivity contribution in [1.82, 2.24) is 4.90 Å². The summed E-state index contributed by atoms with van der Waals surface area (Å²) in [5.41, 5.74) is 2.04. The molecule has 0 aliphatic carbocycles. The average Bonchev–Trinajstić information content (AvgIpc) is 2.84. The number of halogens is 1. The topological polar surface area (TPSA) is 20.3 Å². The number of hydrogen-bond donors (Lipinski definition) is 0. The molecule has 0 amide bonds. The molecule has 2 aromatic carbocycles. The molecule has 2 bridgehead atoms. The Hall–Kier alpha value is -2.00. The Balaban J connectivity index is 1.45. The first-order chi connectivity index (χ1) is 11.7. The number of rotatable bonds is 4. The van der Waals surface area contributed by atoms with Crippen molar-refractivity contribution in [3.63, 3.8) is 0 Å². The number of fused-ring (bicyclic) bond motifs is 2. The first-order valence-corrected chi connectivity index (χ1v) is 8.80. The number of carbonyl (C=O) groups excluding carboxylic acids is 1. The summed E-state index contributed by atoms with van der Waals surface area (Å²) in [7, 11) is 0. The number of ketones is 1. The largest absolute Gasteiger partial charge is 0.293 e. The van der Waals surface area contributed by atoms with Crippen LogP contribution in [0.3, 0.4) is 0 Å². The van der Waals surface area contributed by atoms with Crippen molar-refractivity contribution in [3.05, 3.63) is 71.5 Å². The van der Waals surface area contributed by atoms with Crippen molar-refractivity contribution in [2.24, 2.45) is 0 Å². The zero-order valence-corrected chi connectivity index (χ0v) is 13.7. The van der Waals surface area contributed by atoms with Gasteiger partial charge in [-0.2, -0.15) is 0 Å². The van der Waals surface area contributed by atoms with Crippen LogP contribution in [0, 0.1) is 5.82 Å². The summed E-state index contributed by atoms with van der Waals surface area (Å²) in [6, 6.07) is 17.7. The van der Waals surface area contributed by atoms with E-state index in [4.69, 9.17) is 0 Å². The molecule has 0 aromatic heterocycles.